The topological polar surface area (TPSA) is 15.3 Å². The van der Waals surface area contributed by atoms with Crippen LogP contribution in [-0.2, 0) is 6.42 Å². The fraction of sp³-hybridized carbons (Fsp3) is 0.600. The largest absolute Gasteiger partial charge is 0.314 e. The van der Waals surface area contributed by atoms with Crippen LogP contribution in [0.5, 0.6) is 0 Å². The molecule has 3 heteroatoms. The maximum atomic E-state index is 3.48. The first-order valence-corrected chi connectivity index (χ1v) is 5.84. The molecular formula is C10H14N2S. The van der Waals surface area contributed by atoms with Gasteiger partial charge in [-0.3, -0.25) is 4.90 Å². The lowest BCUT2D eigenvalue weighted by molar-refractivity contribution is 0.153. The van der Waals surface area contributed by atoms with Crippen molar-refractivity contribution in [2.75, 3.05) is 26.2 Å². The molecule has 0 spiro atoms. The van der Waals surface area contributed by atoms with Crippen LogP contribution >= 0.6 is 11.3 Å². The van der Waals surface area contributed by atoms with E-state index in [0.29, 0.717) is 6.04 Å². The average molecular weight is 194 g/mol. The predicted octanol–water partition coefficient (Wildman–Crippen LogP) is 1.25. The minimum absolute atomic E-state index is 0.670. The van der Waals surface area contributed by atoms with Gasteiger partial charge in [0.1, 0.15) is 0 Å². The van der Waals surface area contributed by atoms with E-state index >= 15 is 0 Å². The zero-order valence-corrected chi connectivity index (χ0v) is 8.44. The number of fused-ring (bicyclic) bond motifs is 3. The van der Waals surface area contributed by atoms with Crippen molar-refractivity contribution in [2.45, 2.75) is 12.5 Å². The summed E-state index contributed by atoms with van der Waals surface area (Å²) < 4.78 is 0. The second kappa shape index (κ2) is 3.08. The van der Waals surface area contributed by atoms with Crippen molar-refractivity contribution in [1.29, 1.82) is 0 Å². The zero-order valence-electron chi connectivity index (χ0n) is 7.62. The molecule has 1 N–H and O–H groups in total. The third kappa shape index (κ3) is 1.23. The molecule has 0 amide bonds. The Balaban J connectivity index is 1.97. The number of hydrogen-bond acceptors (Lipinski definition) is 3. The van der Waals surface area contributed by atoms with Crippen molar-refractivity contribution in [3.8, 4) is 0 Å². The van der Waals surface area contributed by atoms with Gasteiger partial charge in [-0.25, -0.2) is 0 Å². The SMILES string of the molecule is c1cc2c(s1)CCN1CCNC[C@H]21. The Bertz CT molecular complexity index is 308. The summed E-state index contributed by atoms with van der Waals surface area (Å²) in [5.74, 6) is 0. The number of rotatable bonds is 0. The molecule has 3 rings (SSSR count). The Morgan fingerprint density at radius 2 is 2.46 bits per heavy atom. The fourth-order valence-corrected chi connectivity index (χ4v) is 3.34. The highest BCUT2D eigenvalue weighted by Crippen LogP contribution is 2.33. The lowest BCUT2D eigenvalue weighted by Gasteiger charge is -2.39. The van der Waals surface area contributed by atoms with Gasteiger partial charge < -0.3 is 5.32 Å². The molecule has 1 aromatic heterocycles. The first-order valence-electron chi connectivity index (χ1n) is 4.96. The van der Waals surface area contributed by atoms with Crippen molar-refractivity contribution in [3.63, 3.8) is 0 Å². The van der Waals surface area contributed by atoms with Gasteiger partial charge in [0.25, 0.3) is 0 Å². The summed E-state index contributed by atoms with van der Waals surface area (Å²) in [5.41, 5.74) is 1.59. The molecule has 70 valence electrons. The number of nitrogens with one attached hydrogen (secondary N) is 1. The molecule has 1 fully saturated rings. The van der Waals surface area contributed by atoms with Crippen LogP contribution in [0, 0.1) is 0 Å². The summed E-state index contributed by atoms with van der Waals surface area (Å²) >= 11 is 1.93. The van der Waals surface area contributed by atoms with E-state index in [2.05, 4.69) is 21.7 Å². The van der Waals surface area contributed by atoms with Gasteiger partial charge in [0.15, 0.2) is 0 Å². The molecule has 0 unspecified atom stereocenters. The molecule has 2 aliphatic rings. The highest BCUT2D eigenvalue weighted by Gasteiger charge is 2.29. The molecule has 2 aliphatic heterocycles. The summed E-state index contributed by atoms with van der Waals surface area (Å²) in [7, 11) is 0. The molecule has 0 aliphatic carbocycles. The Hall–Kier alpha value is -0.380. The Labute approximate surface area is 82.6 Å². The van der Waals surface area contributed by atoms with Crippen LogP contribution in [0.25, 0.3) is 0 Å². The summed E-state index contributed by atoms with van der Waals surface area (Å²) in [5, 5.41) is 5.72. The van der Waals surface area contributed by atoms with Gasteiger partial charge in [-0.2, -0.15) is 0 Å². The molecule has 1 atom stereocenters. The fourth-order valence-electron chi connectivity index (χ4n) is 2.42. The number of nitrogens with zero attached hydrogens (tertiary/aromatic N) is 1. The maximum Gasteiger partial charge on any atom is 0.0484 e. The average Bonchev–Trinajstić information content (AvgIpc) is 2.65. The third-order valence-electron chi connectivity index (χ3n) is 3.12. The number of piperazine rings is 1. The van der Waals surface area contributed by atoms with Crippen LogP contribution in [-0.4, -0.2) is 31.1 Å². The molecule has 1 saturated heterocycles. The first kappa shape index (κ1) is 7.97. The maximum absolute atomic E-state index is 3.48. The van der Waals surface area contributed by atoms with Gasteiger partial charge in [0.2, 0.25) is 0 Å². The van der Waals surface area contributed by atoms with Gasteiger partial charge in [0.05, 0.1) is 0 Å². The van der Waals surface area contributed by atoms with Crippen LogP contribution in [0.3, 0.4) is 0 Å². The van der Waals surface area contributed by atoms with Gasteiger partial charge in [-0.15, -0.1) is 11.3 Å². The summed E-state index contributed by atoms with van der Waals surface area (Å²) in [6, 6.07) is 2.98. The van der Waals surface area contributed by atoms with Gasteiger partial charge in [-0.1, -0.05) is 0 Å². The Morgan fingerprint density at radius 3 is 3.46 bits per heavy atom. The van der Waals surface area contributed by atoms with Crippen LogP contribution in [0.15, 0.2) is 11.4 Å². The normalized spacial score (nSPS) is 28.2. The highest BCUT2D eigenvalue weighted by atomic mass is 32.1. The molecule has 1 aromatic rings. The highest BCUT2D eigenvalue weighted by molar-refractivity contribution is 7.10. The van der Waals surface area contributed by atoms with E-state index in [9.17, 15) is 0 Å². The van der Waals surface area contributed by atoms with Crippen molar-refractivity contribution in [3.05, 3.63) is 21.9 Å². The van der Waals surface area contributed by atoms with E-state index in [0.717, 1.165) is 13.1 Å². The van der Waals surface area contributed by atoms with Crippen molar-refractivity contribution in [1.82, 2.24) is 10.2 Å². The van der Waals surface area contributed by atoms with Crippen LogP contribution in [0.1, 0.15) is 16.5 Å². The van der Waals surface area contributed by atoms with Crippen LogP contribution in [0.2, 0.25) is 0 Å². The van der Waals surface area contributed by atoms with Gasteiger partial charge in [0, 0.05) is 37.1 Å². The van der Waals surface area contributed by atoms with E-state index in [-0.39, 0.29) is 0 Å². The number of hydrogen-bond donors (Lipinski definition) is 1. The first-order chi connectivity index (χ1) is 6.45. The van der Waals surface area contributed by atoms with Crippen molar-refractivity contribution < 1.29 is 0 Å². The molecule has 0 radical (unpaired) electrons. The van der Waals surface area contributed by atoms with E-state index in [1.54, 1.807) is 10.4 Å². The summed E-state index contributed by atoms with van der Waals surface area (Å²) in [6.45, 7) is 4.79. The lowest BCUT2D eigenvalue weighted by atomic mass is 9.98. The van der Waals surface area contributed by atoms with Gasteiger partial charge >= 0.3 is 0 Å². The Kier molecular flexibility index (Phi) is 1.89. The second-order valence-electron chi connectivity index (χ2n) is 3.81. The molecule has 13 heavy (non-hydrogen) atoms. The molecule has 2 nitrogen and oxygen atoms in total. The minimum Gasteiger partial charge on any atom is -0.314 e. The predicted molar refractivity (Wildman–Crippen MR) is 55.2 cm³/mol. The molecule has 0 bridgehead atoms. The van der Waals surface area contributed by atoms with Crippen LogP contribution in [0.4, 0.5) is 0 Å². The number of thiophene rings is 1. The van der Waals surface area contributed by atoms with E-state index in [4.69, 9.17) is 0 Å². The third-order valence-corrected chi connectivity index (χ3v) is 4.12. The van der Waals surface area contributed by atoms with Crippen molar-refractivity contribution in [2.24, 2.45) is 0 Å². The molecular weight excluding hydrogens is 180 g/mol. The van der Waals surface area contributed by atoms with E-state index < -0.39 is 0 Å². The summed E-state index contributed by atoms with van der Waals surface area (Å²) in [4.78, 5) is 4.23. The monoisotopic (exact) mass is 194 g/mol. The molecule has 0 aromatic carbocycles. The standard InChI is InChI=1S/C10H14N2S/c1-4-12-5-3-11-7-9(12)8-2-6-13-10(1)8/h2,6,9,11H,1,3-5,7H2/t9-/m1/s1. The lowest BCUT2D eigenvalue weighted by Crippen LogP contribution is -2.48. The zero-order chi connectivity index (χ0) is 8.67. The van der Waals surface area contributed by atoms with E-state index in [1.807, 2.05) is 11.3 Å². The summed E-state index contributed by atoms with van der Waals surface area (Å²) in [6.07, 6.45) is 1.27. The van der Waals surface area contributed by atoms with E-state index in [1.165, 1.54) is 19.5 Å². The van der Waals surface area contributed by atoms with Crippen LogP contribution < -0.4 is 5.32 Å². The second-order valence-corrected chi connectivity index (χ2v) is 4.81. The quantitative estimate of drug-likeness (QED) is 0.668. The van der Waals surface area contributed by atoms with Gasteiger partial charge in [-0.05, 0) is 23.4 Å². The smallest absolute Gasteiger partial charge is 0.0484 e. The van der Waals surface area contributed by atoms with Crippen molar-refractivity contribution >= 4 is 11.3 Å². The Morgan fingerprint density at radius 1 is 1.46 bits per heavy atom. The minimum atomic E-state index is 0.670. The molecule has 3 heterocycles. The molecule has 0 saturated carbocycles.